The Kier molecular flexibility index (Phi) is 2.52. The van der Waals surface area contributed by atoms with E-state index in [9.17, 15) is 18.0 Å². The van der Waals surface area contributed by atoms with Crippen LogP contribution in [0.3, 0.4) is 0 Å². The van der Waals surface area contributed by atoms with Gasteiger partial charge in [-0.05, 0) is 18.9 Å². The predicted molar refractivity (Wildman–Crippen MR) is 51.4 cm³/mol. The third-order valence-electron chi connectivity index (χ3n) is 3.00. The Morgan fingerprint density at radius 3 is 2.35 bits per heavy atom. The molecule has 1 aromatic carbocycles. The van der Waals surface area contributed by atoms with E-state index >= 15 is 0 Å². The minimum Gasteiger partial charge on any atom is -0.493 e. The maximum Gasteiger partial charge on any atom is 0.314 e. The van der Waals surface area contributed by atoms with Crippen molar-refractivity contribution < 1.29 is 27.8 Å². The average molecular weight is 246 g/mol. The summed E-state index contributed by atoms with van der Waals surface area (Å²) in [6.45, 7) is 0. The van der Waals surface area contributed by atoms with Crippen LogP contribution in [0.25, 0.3) is 0 Å². The van der Waals surface area contributed by atoms with Crippen LogP contribution in [0.2, 0.25) is 0 Å². The van der Waals surface area contributed by atoms with E-state index in [-0.39, 0.29) is 18.4 Å². The van der Waals surface area contributed by atoms with Crippen molar-refractivity contribution in [1.82, 2.24) is 0 Å². The van der Waals surface area contributed by atoms with E-state index in [1.54, 1.807) is 0 Å². The third-order valence-corrected chi connectivity index (χ3v) is 3.00. The molecule has 0 spiro atoms. The van der Waals surface area contributed by atoms with Gasteiger partial charge in [0.15, 0.2) is 17.4 Å². The van der Waals surface area contributed by atoms with Gasteiger partial charge in [0.2, 0.25) is 5.82 Å². The summed E-state index contributed by atoms with van der Waals surface area (Å²) in [6, 6.07) is 0.693. The summed E-state index contributed by atoms with van der Waals surface area (Å²) in [7, 11) is 1.08. The molecule has 0 bridgehead atoms. The van der Waals surface area contributed by atoms with E-state index in [0.717, 1.165) is 7.11 Å². The molecule has 1 aliphatic carbocycles. The number of hydrogen-bond donors (Lipinski definition) is 1. The number of carboxylic acids is 1. The summed E-state index contributed by atoms with van der Waals surface area (Å²) < 4.78 is 44.2. The van der Waals surface area contributed by atoms with Crippen LogP contribution in [0, 0.1) is 17.5 Å². The average Bonchev–Trinajstić information content (AvgIpc) is 3.06. The lowest BCUT2D eigenvalue weighted by Crippen LogP contribution is -2.21. The zero-order chi connectivity index (χ0) is 12.8. The van der Waals surface area contributed by atoms with Crippen LogP contribution in [-0.2, 0) is 10.2 Å². The van der Waals surface area contributed by atoms with Crippen molar-refractivity contribution in [1.29, 1.82) is 0 Å². The Hall–Kier alpha value is -1.72. The first kappa shape index (κ1) is 11.8. The smallest absolute Gasteiger partial charge is 0.314 e. The van der Waals surface area contributed by atoms with E-state index < -0.39 is 34.6 Å². The van der Waals surface area contributed by atoms with Gasteiger partial charge in [0, 0.05) is 5.56 Å². The number of ether oxygens (including phenoxy) is 1. The molecule has 1 fully saturated rings. The van der Waals surface area contributed by atoms with Gasteiger partial charge in [0.1, 0.15) is 0 Å². The van der Waals surface area contributed by atoms with E-state index in [2.05, 4.69) is 4.74 Å². The highest BCUT2D eigenvalue weighted by atomic mass is 19.2. The number of carboxylic acid groups (broad SMARTS) is 1. The number of carbonyl (C=O) groups is 1. The van der Waals surface area contributed by atoms with Crippen LogP contribution in [0.1, 0.15) is 18.4 Å². The Bertz CT molecular complexity index is 495. The highest BCUT2D eigenvalue weighted by molar-refractivity contribution is 5.86. The maximum atomic E-state index is 13.4. The van der Waals surface area contributed by atoms with E-state index in [1.807, 2.05) is 0 Å². The van der Waals surface area contributed by atoms with Crippen molar-refractivity contribution >= 4 is 5.97 Å². The van der Waals surface area contributed by atoms with Crippen molar-refractivity contribution in [3.8, 4) is 5.75 Å². The van der Waals surface area contributed by atoms with Crippen molar-refractivity contribution in [2.45, 2.75) is 18.3 Å². The minimum absolute atomic E-state index is 0.149. The predicted octanol–water partition coefficient (Wildman–Crippen LogP) is 2.23. The molecule has 0 radical (unpaired) electrons. The lowest BCUT2D eigenvalue weighted by molar-refractivity contribution is -0.140. The Labute approximate surface area is 94.8 Å². The number of halogens is 3. The number of benzene rings is 1. The molecule has 0 aromatic heterocycles. The maximum absolute atomic E-state index is 13.4. The molecule has 92 valence electrons. The summed E-state index contributed by atoms with van der Waals surface area (Å²) >= 11 is 0. The zero-order valence-electron chi connectivity index (χ0n) is 8.89. The summed E-state index contributed by atoms with van der Waals surface area (Å²) in [5, 5.41) is 9.03. The largest absolute Gasteiger partial charge is 0.493 e. The fraction of sp³-hybridized carbons (Fsp3) is 0.364. The fourth-order valence-corrected chi connectivity index (χ4v) is 1.86. The summed E-state index contributed by atoms with van der Waals surface area (Å²) in [6.07, 6.45) is 0.506. The van der Waals surface area contributed by atoms with Gasteiger partial charge in [0.05, 0.1) is 12.5 Å². The zero-order valence-corrected chi connectivity index (χ0v) is 8.89. The van der Waals surface area contributed by atoms with Crippen LogP contribution in [0.15, 0.2) is 6.07 Å². The van der Waals surface area contributed by atoms with Crippen LogP contribution in [-0.4, -0.2) is 18.2 Å². The highest BCUT2D eigenvalue weighted by Gasteiger charge is 2.54. The molecule has 0 saturated heterocycles. The molecular formula is C11H9F3O3. The Balaban J connectivity index is 2.66. The molecule has 2 rings (SSSR count). The van der Waals surface area contributed by atoms with Crippen LogP contribution >= 0.6 is 0 Å². The van der Waals surface area contributed by atoms with Gasteiger partial charge in [-0.1, -0.05) is 0 Å². The van der Waals surface area contributed by atoms with Gasteiger partial charge in [0.25, 0.3) is 0 Å². The summed E-state index contributed by atoms with van der Waals surface area (Å²) in [5.41, 5.74) is -1.50. The number of methoxy groups -OCH3 is 1. The first-order valence-corrected chi connectivity index (χ1v) is 4.89. The second-order valence-corrected chi connectivity index (χ2v) is 3.95. The lowest BCUT2D eigenvalue weighted by atomic mass is 9.94. The molecule has 0 unspecified atom stereocenters. The van der Waals surface area contributed by atoms with Crippen molar-refractivity contribution in [3.63, 3.8) is 0 Å². The quantitative estimate of drug-likeness (QED) is 0.832. The molecular weight excluding hydrogens is 237 g/mol. The standard InChI is InChI=1S/C11H9F3O3/c1-17-9-5(11(2-3-11)10(15)16)4-6(12)7(13)8(9)14/h4H,2-3H2,1H3,(H,15,16). The topological polar surface area (TPSA) is 46.5 Å². The SMILES string of the molecule is COc1c(C2(C(=O)O)CC2)cc(F)c(F)c1F. The minimum atomic E-state index is -1.66. The molecule has 0 amide bonds. The van der Waals surface area contributed by atoms with Gasteiger partial charge >= 0.3 is 5.97 Å². The summed E-state index contributed by atoms with van der Waals surface area (Å²) in [5.74, 6) is -6.29. The molecule has 1 saturated carbocycles. The van der Waals surface area contributed by atoms with Gasteiger partial charge < -0.3 is 9.84 Å². The molecule has 3 nitrogen and oxygen atoms in total. The molecule has 6 heteroatoms. The lowest BCUT2D eigenvalue weighted by Gasteiger charge is -2.15. The van der Waals surface area contributed by atoms with Gasteiger partial charge in [-0.25, -0.2) is 8.78 Å². The van der Waals surface area contributed by atoms with E-state index in [4.69, 9.17) is 5.11 Å². The third kappa shape index (κ3) is 1.55. The number of rotatable bonds is 3. The highest BCUT2D eigenvalue weighted by Crippen LogP contribution is 2.52. The fourth-order valence-electron chi connectivity index (χ4n) is 1.86. The number of aliphatic carboxylic acids is 1. The molecule has 1 aromatic rings. The first-order chi connectivity index (χ1) is 7.94. The van der Waals surface area contributed by atoms with Crippen LogP contribution in [0.5, 0.6) is 5.75 Å². The van der Waals surface area contributed by atoms with Crippen molar-refractivity contribution in [2.24, 2.45) is 0 Å². The molecule has 1 N–H and O–H groups in total. The second kappa shape index (κ2) is 3.65. The number of hydrogen-bond acceptors (Lipinski definition) is 2. The van der Waals surface area contributed by atoms with Gasteiger partial charge in [-0.15, -0.1) is 0 Å². The van der Waals surface area contributed by atoms with E-state index in [0.29, 0.717) is 6.07 Å². The molecule has 0 atom stereocenters. The first-order valence-electron chi connectivity index (χ1n) is 4.89. The summed E-state index contributed by atoms with van der Waals surface area (Å²) in [4.78, 5) is 11.1. The Morgan fingerprint density at radius 1 is 1.35 bits per heavy atom. The molecule has 0 heterocycles. The molecule has 1 aliphatic rings. The normalized spacial score (nSPS) is 16.7. The monoisotopic (exact) mass is 246 g/mol. The van der Waals surface area contributed by atoms with Gasteiger partial charge in [-0.3, -0.25) is 4.79 Å². The Morgan fingerprint density at radius 2 is 1.94 bits per heavy atom. The van der Waals surface area contributed by atoms with E-state index in [1.165, 1.54) is 0 Å². The van der Waals surface area contributed by atoms with Crippen LogP contribution in [0.4, 0.5) is 13.2 Å². The van der Waals surface area contributed by atoms with Crippen molar-refractivity contribution in [2.75, 3.05) is 7.11 Å². The van der Waals surface area contributed by atoms with Crippen molar-refractivity contribution in [3.05, 3.63) is 29.1 Å². The van der Waals surface area contributed by atoms with Gasteiger partial charge in [-0.2, -0.15) is 4.39 Å². The van der Waals surface area contributed by atoms with Crippen LogP contribution < -0.4 is 4.74 Å². The molecule has 17 heavy (non-hydrogen) atoms. The molecule has 0 aliphatic heterocycles. The second-order valence-electron chi connectivity index (χ2n) is 3.95.